The molecule has 0 aromatic carbocycles. The van der Waals surface area contributed by atoms with Crippen LogP contribution in [-0.2, 0) is 4.79 Å². The summed E-state index contributed by atoms with van der Waals surface area (Å²) >= 11 is 8.07. The molecule has 0 unspecified atom stereocenters. The van der Waals surface area contributed by atoms with Gasteiger partial charge in [-0.3, -0.25) is 4.79 Å². The molecule has 0 aliphatic carbocycles. The van der Waals surface area contributed by atoms with E-state index in [2.05, 4.69) is 30.6 Å². The summed E-state index contributed by atoms with van der Waals surface area (Å²) in [6, 6.07) is 0. The maximum atomic E-state index is 11.0. The Hall–Kier alpha value is 0.170. The Morgan fingerprint density at radius 3 is 2.36 bits per heavy atom. The molecule has 0 bridgehead atoms. The monoisotopic (exact) mass is 193 g/mol. The molecule has 0 saturated carbocycles. The first-order valence-electron chi connectivity index (χ1n) is 3.54. The molecular formula is C7H15NOS2. The Bertz CT molecular complexity index is 136. The van der Waals surface area contributed by atoms with Crippen LogP contribution < -0.4 is 5.32 Å². The number of thiol groups is 2. The van der Waals surface area contributed by atoms with E-state index in [1.807, 2.05) is 13.8 Å². The fraction of sp³-hybridized carbons (Fsp3) is 0.857. The van der Waals surface area contributed by atoms with Crippen molar-refractivity contribution in [3.8, 4) is 0 Å². The van der Waals surface area contributed by atoms with E-state index in [4.69, 9.17) is 0 Å². The largest absolute Gasteiger partial charge is 0.350 e. The SMILES string of the molecule is CC(C)(CS)NC(=O)CCS. The van der Waals surface area contributed by atoms with Crippen molar-refractivity contribution < 1.29 is 4.79 Å². The van der Waals surface area contributed by atoms with Crippen molar-refractivity contribution in [3.05, 3.63) is 0 Å². The van der Waals surface area contributed by atoms with Crippen LogP contribution in [0.25, 0.3) is 0 Å². The zero-order valence-electron chi connectivity index (χ0n) is 6.92. The minimum atomic E-state index is -0.205. The quantitative estimate of drug-likeness (QED) is 0.574. The van der Waals surface area contributed by atoms with E-state index in [-0.39, 0.29) is 11.4 Å². The fourth-order valence-corrected chi connectivity index (χ4v) is 0.863. The third-order valence-electron chi connectivity index (χ3n) is 1.21. The van der Waals surface area contributed by atoms with Crippen LogP contribution in [-0.4, -0.2) is 23.0 Å². The molecule has 0 radical (unpaired) electrons. The molecule has 66 valence electrons. The first kappa shape index (κ1) is 11.2. The van der Waals surface area contributed by atoms with Crippen molar-refractivity contribution in [3.63, 3.8) is 0 Å². The van der Waals surface area contributed by atoms with Crippen LogP contribution in [0.5, 0.6) is 0 Å². The van der Waals surface area contributed by atoms with E-state index < -0.39 is 0 Å². The van der Waals surface area contributed by atoms with Crippen LogP contribution in [0.3, 0.4) is 0 Å². The van der Waals surface area contributed by atoms with E-state index in [1.165, 1.54) is 0 Å². The molecule has 0 atom stereocenters. The summed E-state index contributed by atoms with van der Waals surface area (Å²) in [7, 11) is 0. The number of hydrogen-bond acceptors (Lipinski definition) is 3. The van der Waals surface area contributed by atoms with E-state index in [9.17, 15) is 4.79 Å². The van der Waals surface area contributed by atoms with Gasteiger partial charge in [0.2, 0.25) is 5.91 Å². The Morgan fingerprint density at radius 2 is 2.00 bits per heavy atom. The van der Waals surface area contributed by atoms with Gasteiger partial charge in [0.25, 0.3) is 0 Å². The Labute approximate surface area is 79.0 Å². The maximum Gasteiger partial charge on any atom is 0.221 e. The molecule has 0 saturated heterocycles. The van der Waals surface area contributed by atoms with Gasteiger partial charge < -0.3 is 5.32 Å². The number of carbonyl (C=O) groups excluding carboxylic acids is 1. The molecule has 2 nitrogen and oxygen atoms in total. The predicted molar refractivity (Wildman–Crippen MR) is 54.5 cm³/mol. The first-order chi connectivity index (χ1) is 5.02. The summed E-state index contributed by atoms with van der Waals surface area (Å²) in [5, 5.41) is 2.84. The van der Waals surface area contributed by atoms with E-state index in [1.54, 1.807) is 0 Å². The molecule has 4 heteroatoms. The topological polar surface area (TPSA) is 29.1 Å². The summed E-state index contributed by atoms with van der Waals surface area (Å²) in [6.07, 6.45) is 0.473. The van der Waals surface area contributed by atoms with E-state index in [0.29, 0.717) is 17.9 Å². The average Bonchev–Trinajstić information content (AvgIpc) is 1.87. The minimum absolute atomic E-state index is 0.0408. The zero-order chi connectivity index (χ0) is 8.91. The van der Waals surface area contributed by atoms with Gasteiger partial charge in [-0.15, -0.1) is 0 Å². The van der Waals surface area contributed by atoms with Crippen LogP contribution >= 0.6 is 25.3 Å². The molecule has 0 aliphatic heterocycles. The number of carbonyl (C=O) groups is 1. The lowest BCUT2D eigenvalue weighted by atomic mass is 10.1. The maximum absolute atomic E-state index is 11.0. The summed E-state index contributed by atoms with van der Waals surface area (Å²) < 4.78 is 0. The highest BCUT2D eigenvalue weighted by atomic mass is 32.1. The molecule has 0 heterocycles. The Kier molecular flexibility index (Phi) is 5.01. The second-order valence-electron chi connectivity index (χ2n) is 3.06. The molecule has 1 amide bonds. The molecule has 1 N–H and O–H groups in total. The third kappa shape index (κ3) is 5.44. The van der Waals surface area contributed by atoms with Gasteiger partial charge in [-0.1, -0.05) is 0 Å². The summed E-state index contributed by atoms with van der Waals surface area (Å²) in [5.74, 6) is 1.28. The lowest BCUT2D eigenvalue weighted by molar-refractivity contribution is -0.122. The van der Waals surface area contributed by atoms with Gasteiger partial charge in [-0.25, -0.2) is 0 Å². The van der Waals surface area contributed by atoms with Crippen LogP contribution in [0.2, 0.25) is 0 Å². The van der Waals surface area contributed by atoms with Gasteiger partial charge in [0, 0.05) is 17.7 Å². The number of amides is 1. The number of nitrogens with one attached hydrogen (secondary N) is 1. The highest BCUT2D eigenvalue weighted by molar-refractivity contribution is 7.80. The molecule has 0 spiro atoms. The van der Waals surface area contributed by atoms with Crippen LogP contribution in [0.4, 0.5) is 0 Å². The molecule has 0 rings (SSSR count). The number of rotatable bonds is 4. The molecule has 0 aromatic rings. The van der Waals surface area contributed by atoms with E-state index in [0.717, 1.165) is 0 Å². The molecule has 11 heavy (non-hydrogen) atoms. The number of hydrogen-bond donors (Lipinski definition) is 3. The van der Waals surface area contributed by atoms with Gasteiger partial charge in [0.05, 0.1) is 0 Å². The van der Waals surface area contributed by atoms with Crippen LogP contribution in [0.15, 0.2) is 0 Å². The zero-order valence-corrected chi connectivity index (χ0v) is 8.71. The first-order valence-corrected chi connectivity index (χ1v) is 4.81. The smallest absolute Gasteiger partial charge is 0.221 e. The van der Waals surface area contributed by atoms with Crippen molar-refractivity contribution in [2.45, 2.75) is 25.8 Å². The fourth-order valence-electron chi connectivity index (χ4n) is 0.581. The summed E-state index contributed by atoms with van der Waals surface area (Å²) in [4.78, 5) is 11.0. The van der Waals surface area contributed by atoms with Crippen molar-refractivity contribution in [1.82, 2.24) is 5.32 Å². The summed E-state index contributed by atoms with van der Waals surface area (Å²) in [6.45, 7) is 3.88. The normalized spacial score (nSPS) is 11.3. The minimum Gasteiger partial charge on any atom is -0.350 e. The van der Waals surface area contributed by atoms with Crippen molar-refractivity contribution in [2.75, 3.05) is 11.5 Å². The molecule has 0 aromatic heterocycles. The van der Waals surface area contributed by atoms with Gasteiger partial charge in [-0.05, 0) is 19.6 Å². The lowest BCUT2D eigenvalue weighted by Gasteiger charge is -2.23. The van der Waals surface area contributed by atoms with E-state index >= 15 is 0 Å². The Morgan fingerprint density at radius 1 is 1.45 bits per heavy atom. The third-order valence-corrected chi connectivity index (χ3v) is 2.23. The standard InChI is InChI=1S/C7H15NOS2/c1-7(2,5-11)8-6(9)3-4-10/h10-11H,3-5H2,1-2H3,(H,8,9). The molecule has 0 fully saturated rings. The summed E-state index contributed by atoms with van der Waals surface area (Å²) in [5.41, 5.74) is -0.205. The molecule has 0 aliphatic rings. The predicted octanol–water partition coefficient (Wildman–Crippen LogP) is 1.13. The van der Waals surface area contributed by atoms with Crippen molar-refractivity contribution in [2.24, 2.45) is 0 Å². The van der Waals surface area contributed by atoms with Gasteiger partial charge in [-0.2, -0.15) is 25.3 Å². The highest BCUT2D eigenvalue weighted by Crippen LogP contribution is 2.04. The van der Waals surface area contributed by atoms with Crippen LogP contribution in [0, 0.1) is 0 Å². The lowest BCUT2D eigenvalue weighted by Crippen LogP contribution is -2.44. The van der Waals surface area contributed by atoms with Gasteiger partial charge in [0.15, 0.2) is 0 Å². The Balaban J connectivity index is 3.74. The molecular weight excluding hydrogens is 178 g/mol. The highest BCUT2D eigenvalue weighted by Gasteiger charge is 2.17. The van der Waals surface area contributed by atoms with Crippen molar-refractivity contribution in [1.29, 1.82) is 0 Å². The second-order valence-corrected chi connectivity index (χ2v) is 3.83. The van der Waals surface area contributed by atoms with Gasteiger partial charge >= 0.3 is 0 Å². The van der Waals surface area contributed by atoms with Crippen LogP contribution in [0.1, 0.15) is 20.3 Å². The second kappa shape index (κ2) is 4.93. The average molecular weight is 193 g/mol. The van der Waals surface area contributed by atoms with Crippen molar-refractivity contribution >= 4 is 31.2 Å². The van der Waals surface area contributed by atoms with Gasteiger partial charge in [0.1, 0.15) is 0 Å².